The lowest BCUT2D eigenvalue weighted by atomic mass is 10.2. The second-order valence-corrected chi connectivity index (χ2v) is 5.32. The lowest BCUT2D eigenvalue weighted by molar-refractivity contribution is -0.117. The average Bonchev–Trinajstić information content (AvgIpc) is 3.02. The molecule has 7 heteroatoms. The molecule has 1 aliphatic heterocycles. The Bertz CT molecular complexity index is 793. The second kappa shape index (κ2) is 6.79. The summed E-state index contributed by atoms with van der Waals surface area (Å²) in [5.74, 6) is 0.479. The van der Waals surface area contributed by atoms with Gasteiger partial charge in [-0.25, -0.2) is 9.78 Å². The molecule has 1 aliphatic rings. The van der Waals surface area contributed by atoms with Gasteiger partial charge in [-0.05, 0) is 42.8 Å². The summed E-state index contributed by atoms with van der Waals surface area (Å²) < 4.78 is 0. The molecule has 2 heterocycles. The van der Waals surface area contributed by atoms with Crippen LogP contribution in [-0.4, -0.2) is 23.5 Å². The molecule has 0 unspecified atom stereocenters. The van der Waals surface area contributed by atoms with Crippen LogP contribution < -0.4 is 15.5 Å². The molecule has 2 aromatic rings. The number of benzene rings is 1. The Labute approximate surface area is 138 Å². The van der Waals surface area contributed by atoms with Gasteiger partial charge in [0.25, 0.3) is 0 Å². The Morgan fingerprint density at radius 2 is 1.96 bits per heavy atom. The normalized spacial score (nSPS) is 13.5. The fourth-order valence-corrected chi connectivity index (χ4v) is 2.45. The van der Waals surface area contributed by atoms with E-state index in [1.165, 1.54) is 0 Å². The summed E-state index contributed by atoms with van der Waals surface area (Å²) in [6.45, 7) is 0.701. The standard InChI is InChI=1S/C17H15N5O2/c18-10-12-3-5-13(6-4-12)20-17(24)21-15-8-7-14(11-19-15)22-9-1-2-16(22)23/h3-8,11H,1-2,9H2,(H2,19,20,21,24). The monoisotopic (exact) mass is 321 g/mol. The lowest BCUT2D eigenvalue weighted by Crippen LogP contribution is -2.24. The largest absolute Gasteiger partial charge is 0.324 e. The van der Waals surface area contributed by atoms with Crippen LogP contribution in [0.2, 0.25) is 0 Å². The maximum Gasteiger partial charge on any atom is 0.324 e. The van der Waals surface area contributed by atoms with Gasteiger partial charge in [0, 0.05) is 18.7 Å². The number of hydrogen-bond acceptors (Lipinski definition) is 4. The van der Waals surface area contributed by atoms with Crippen LogP contribution in [0, 0.1) is 11.3 Å². The van der Waals surface area contributed by atoms with E-state index < -0.39 is 6.03 Å². The molecule has 0 spiro atoms. The van der Waals surface area contributed by atoms with E-state index in [-0.39, 0.29) is 5.91 Å². The average molecular weight is 321 g/mol. The smallest absolute Gasteiger partial charge is 0.311 e. The number of rotatable bonds is 3. The van der Waals surface area contributed by atoms with Crippen molar-refractivity contribution in [2.24, 2.45) is 0 Å². The summed E-state index contributed by atoms with van der Waals surface area (Å²) in [6.07, 6.45) is 2.99. The van der Waals surface area contributed by atoms with E-state index in [9.17, 15) is 9.59 Å². The molecular weight excluding hydrogens is 306 g/mol. The Morgan fingerprint density at radius 3 is 2.54 bits per heavy atom. The number of nitrogens with one attached hydrogen (secondary N) is 2. The van der Waals surface area contributed by atoms with E-state index in [0.29, 0.717) is 30.0 Å². The molecule has 1 aromatic carbocycles. The van der Waals surface area contributed by atoms with Gasteiger partial charge in [-0.1, -0.05) is 0 Å². The van der Waals surface area contributed by atoms with Gasteiger partial charge in [0.1, 0.15) is 5.82 Å². The first kappa shape index (κ1) is 15.5. The number of amides is 3. The van der Waals surface area contributed by atoms with Gasteiger partial charge in [0.2, 0.25) is 5.91 Å². The molecule has 0 bridgehead atoms. The Kier molecular flexibility index (Phi) is 4.38. The summed E-state index contributed by atoms with van der Waals surface area (Å²) in [5, 5.41) is 14.0. The van der Waals surface area contributed by atoms with Crippen molar-refractivity contribution in [1.29, 1.82) is 5.26 Å². The van der Waals surface area contributed by atoms with Gasteiger partial charge in [-0.3, -0.25) is 10.1 Å². The third-order valence-corrected chi connectivity index (χ3v) is 3.65. The first-order chi connectivity index (χ1) is 11.7. The van der Waals surface area contributed by atoms with Gasteiger partial charge in [-0.2, -0.15) is 5.26 Å². The van der Waals surface area contributed by atoms with Gasteiger partial charge in [0.15, 0.2) is 0 Å². The van der Waals surface area contributed by atoms with Crippen molar-refractivity contribution < 1.29 is 9.59 Å². The highest BCUT2D eigenvalue weighted by Crippen LogP contribution is 2.21. The molecule has 0 saturated carbocycles. The number of aromatic nitrogens is 1. The lowest BCUT2D eigenvalue weighted by Gasteiger charge is -2.15. The highest BCUT2D eigenvalue weighted by atomic mass is 16.2. The van der Waals surface area contributed by atoms with Gasteiger partial charge >= 0.3 is 6.03 Å². The summed E-state index contributed by atoms with van der Waals surface area (Å²) in [6, 6.07) is 11.5. The fourth-order valence-electron chi connectivity index (χ4n) is 2.45. The Balaban J connectivity index is 1.60. The molecule has 3 rings (SSSR count). The third-order valence-electron chi connectivity index (χ3n) is 3.65. The number of carbonyl (C=O) groups is 2. The minimum absolute atomic E-state index is 0.0936. The van der Waals surface area contributed by atoms with E-state index >= 15 is 0 Å². The minimum Gasteiger partial charge on any atom is -0.311 e. The van der Waals surface area contributed by atoms with E-state index in [0.717, 1.165) is 12.1 Å². The maximum atomic E-state index is 11.9. The number of nitrogens with zero attached hydrogens (tertiary/aromatic N) is 3. The van der Waals surface area contributed by atoms with Crippen molar-refractivity contribution in [1.82, 2.24) is 4.98 Å². The molecular formula is C17H15N5O2. The number of nitriles is 1. The second-order valence-electron chi connectivity index (χ2n) is 5.32. The molecule has 0 aliphatic carbocycles. The van der Waals surface area contributed by atoms with Gasteiger partial charge < -0.3 is 10.2 Å². The van der Waals surface area contributed by atoms with Crippen molar-refractivity contribution in [3.05, 3.63) is 48.2 Å². The first-order valence-electron chi connectivity index (χ1n) is 7.50. The molecule has 3 amide bonds. The zero-order valence-electron chi connectivity index (χ0n) is 12.8. The zero-order valence-corrected chi connectivity index (χ0v) is 12.8. The molecule has 7 nitrogen and oxygen atoms in total. The van der Waals surface area contributed by atoms with Crippen LogP contribution in [0.25, 0.3) is 0 Å². The molecule has 120 valence electrons. The van der Waals surface area contributed by atoms with Crippen LogP contribution in [0.3, 0.4) is 0 Å². The minimum atomic E-state index is -0.433. The molecule has 1 fully saturated rings. The Hall–Kier alpha value is -3.40. The van der Waals surface area contributed by atoms with Crippen molar-refractivity contribution in [2.45, 2.75) is 12.8 Å². The molecule has 0 atom stereocenters. The fraction of sp³-hybridized carbons (Fsp3) is 0.176. The third kappa shape index (κ3) is 3.50. The van der Waals surface area contributed by atoms with E-state index in [1.54, 1.807) is 47.5 Å². The molecule has 1 saturated heterocycles. The number of hydrogen-bond donors (Lipinski definition) is 2. The topological polar surface area (TPSA) is 98.1 Å². The highest BCUT2D eigenvalue weighted by Gasteiger charge is 2.21. The van der Waals surface area contributed by atoms with Crippen LogP contribution in [0.15, 0.2) is 42.6 Å². The van der Waals surface area contributed by atoms with E-state index in [1.807, 2.05) is 6.07 Å². The summed E-state index contributed by atoms with van der Waals surface area (Å²) >= 11 is 0. The van der Waals surface area contributed by atoms with E-state index in [4.69, 9.17) is 5.26 Å². The van der Waals surface area contributed by atoms with Crippen molar-refractivity contribution in [2.75, 3.05) is 22.1 Å². The highest BCUT2D eigenvalue weighted by molar-refractivity contribution is 5.99. The number of anilines is 3. The maximum absolute atomic E-state index is 11.9. The van der Waals surface area contributed by atoms with Gasteiger partial charge in [0.05, 0.1) is 23.5 Å². The van der Waals surface area contributed by atoms with E-state index in [2.05, 4.69) is 15.6 Å². The van der Waals surface area contributed by atoms with Crippen LogP contribution >= 0.6 is 0 Å². The molecule has 24 heavy (non-hydrogen) atoms. The first-order valence-corrected chi connectivity index (χ1v) is 7.50. The van der Waals surface area contributed by atoms with Crippen molar-refractivity contribution in [3.63, 3.8) is 0 Å². The van der Waals surface area contributed by atoms with Crippen molar-refractivity contribution in [3.8, 4) is 6.07 Å². The number of carbonyl (C=O) groups excluding carboxylic acids is 2. The zero-order chi connectivity index (χ0) is 16.9. The molecule has 0 radical (unpaired) electrons. The molecule has 1 aromatic heterocycles. The predicted octanol–water partition coefficient (Wildman–Crippen LogP) is 2.72. The van der Waals surface area contributed by atoms with Crippen molar-refractivity contribution >= 4 is 29.1 Å². The van der Waals surface area contributed by atoms with Crippen LogP contribution in [0.4, 0.5) is 22.0 Å². The summed E-state index contributed by atoms with van der Waals surface area (Å²) in [7, 11) is 0. The summed E-state index contributed by atoms with van der Waals surface area (Å²) in [4.78, 5) is 29.5. The van der Waals surface area contributed by atoms with Gasteiger partial charge in [-0.15, -0.1) is 0 Å². The summed E-state index contributed by atoms with van der Waals surface area (Å²) in [5.41, 5.74) is 1.83. The molecule has 2 N–H and O–H groups in total. The SMILES string of the molecule is N#Cc1ccc(NC(=O)Nc2ccc(N3CCCC3=O)cn2)cc1. The van der Waals surface area contributed by atoms with Crippen LogP contribution in [0.1, 0.15) is 18.4 Å². The van der Waals surface area contributed by atoms with Crippen LogP contribution in [-0.2, 0) is 4.79 Å². The Morgan fingerprint density at radius 1 is 1.17 bits per heavy atom. The number of urea groups is 1. The van der Waals surface area contributed by atoms with Crippen LogP contribution in [0.5, 0.6) is 0 Å². The number of pyridine rings is 1. The predicted molar refractivity (Wildman–Crippen MR) is 89.6 cm³/mol. The quantitative estimate of drug-likeness (QED) is 0.908.